The van der Waals surface area contributed by atoms with Crippen molar-refractivity contribution in [1.29, 1.82) is 0 Å². The lowest BCUT2D eigenvalue weighted by molar-refractivity contribution is 0.0115. The summed E-state index contributed by atoms with van der Waals surface area (Å²) in [6.07, 6.45) is 3.57. The molecule has 1 fully saturated rings. The van der Waals surface area contributed by atoms with Gasteiger partial charge in [-0.15, -0.1) is 11.3 Å². The highest BCUT2D eigenvalue weighted by Crippen LogP contribution is 2.26. The molecule has 0 radical (unpaired) electrons. The summed E-state index contributed by atoms with van der Waals surface area (Å²) in [6, 6.07) is 1.82. The number of urea groups is 1. The number of carbonyl (C=O) groups excluding carboxylic acids is 1. The highest BCUT2D eigenvalue weighted by atomic mass is 32.1. The lowest BCUT2D eigenvalue weighted by atomic mass is 10.2. The summed E-state index contributed by atoms with van der Waals surface area (Å²) >= 11 is 1.57. The Morgan fingerprint density at radius 3 is 3.09 bits per heavy atom. The molecule has 1 atom stereocenters. The molecule has 7 heteroatoms. The summed E-state index contributed by atoms with van der Waals surface area (Å²) in [5, 5.41) is 5.89. The molecule has 0 spiro atoms. The van der Waals surface area contributed by atoms with Gasteiger partial charge in [-0.25, -0.2) is 9.78 Å². The van der Waals surface area contributed by atoms with Gasteiger partial charge in [0.15, 0.2) is 0 Å². The Kier molecular flexibility index (Phi) is 4.88. The van der Waals surface area contributed by atoms with Crippen molar-refractivity contribution in [2.45, 2.75) is 26.4 Å². The SMILES string of the molecule is Cc1cncc(CNC(=O)N2CCOCC2c2nc(C)cs2)c1. The molecule has 1 aliphatic rings. The van der Waals surface area contributed by atoms with Gasteiger partial charge in [0.2, 0.25) is 0 Å². The minimum Gasteiger partial charge on any atom is -0.377 e. The Bertz CT molecular complexity index is 688. The summed E-state index contributed by atoms with van der Waals surface area (Å²) in [7, 11) is 0. The van der Waals surface area contributed by atoms with E-state index in [-0.39, 0.29) is 12.1 Å². The third kappa shape index (κ3) is 3.86. The van der Waals surface area contributed by atoms with E-state index in [9.17, 15) is 4.79 Å². The number of ether oxygens (including phenoxy) is 1. The number of hydrogen-bond acceptors (Lipinski definition) is 5. The van der Waals surface area contributed by atoms with Gasteiger partial charge in [0.05, 0.1) is 13.2 Å². The van der Waals surface area contributed by atoms with E-state index in [0.717, 1.165) is 21.8 Å². The molecule has 1 unspecified atom stereocenters. The number of pyridine rings is 1. The number of nitrogens with zero attached hydrogens (tertiary/aromatic N) is 3. The lowest BCUT2D eigenvalue weighted by Gasteiger charge is -2.34. The third-order valence-electron chi connectivity index (χ3n) is 3.69. The molecule has 2 amide bonds. The number of rotatable bonds is 3. The van der Waals surface area contributed by atoms with Gasteiger partial charge < -0.3 is 15.0 Å². The number of aryl methyl sites for hydroxylation is 2. The number of aromatic nitrogens is 2. The van der Waals surface area contributed by atoms with Crippen molar-refractivity contribution >= 4 is 17.4 Å². The largest absolute Gasteiger partial charge is 0.377 e. The smallest absolute Gasteiger partial charge is 0.318 e. The maximum absolute atomic E-state index is 12.6. The molecule has 0 aliphatic carbocycles. The fourth-order valence-electron chi connectivity index (χ4n) is 2.57. The van der Waals surface area contributed by atoms with Crippen LogP contribution in [0.5, 0.6) is 0 Å². The minimum absolute atomic E-state index is 0.0901. The fourth-order valence-corrected chi connectivity index (χ4v) is 3.46. The predicted molar refractivity (Wildman–Crippen MR) is 88.3 cm³/mol. The van der Waals surface area contributed by atoms with Gasteiger partial charge >= 0.3 is 6.03 Å². The van der Waals surface area contributed by atoms with Crippen LogP contribution in [0.25, 0.3) is 0 Å². The summed E-state index contributed by atoms with van der Waals surface area (Å²) in [6.45, 7) is 6.03. The van der Waals surface area contributed by atoms with Crippen molar-refractivity contribution in [3.05, 3.63) is 45.7 Å². The van der Waals surface area contributed by atoms with Crippen molar-refractivity contribution < 1.29 is 9.53 Å². The molecule has 2 aromatic rings. The number of amides is 2. The first-order chi connectivity index (χ1) is 11.1. The van der Waals surface area contributed by atoms with E-state index in [1.807, 2.05) is 30.2 Å². The standard InChI is InChI=1S/C16H20N4O2S/c1-11-5-13(7-17-6-11)8-18-16(21)20-3-4-22-9-14(20)15-19-12(2)10-23-15/h5-7,10,14H,3-4,8-9H2,1-2H3,(H,18,21). The molecular weight excluding hydrogens is 312 g/mol. The Hall–Kier alpha value is -1.99. The van der Waals surface area contributed by atoms with Gasteiger partial charge in [-0.2, -0.15) is 0 Å². The zero-order valence-electron chi connectivity index (χ0n) is 13.3. The molecule has 2 aromatic heterocycles. The number of hydrogen-bond donors (Lipinski definition) is 1. The van der Waals surface area contributed by atoms with Gasteiger partial charge in [-0.3, -0.25) is 4.98 Å². The van der Waals surface area contributed by atoms with Crippen molar-refractivity contribution in [3.63, 3.8) is 0 Å². The second-order valence-electron chi connectivity index (χ2n) is 5.64. The highest BCUT2D eigenvalue weighted by molar-refractivity contribution is 7.09. The van der Waals surface area contributed by atoms with Gasteiger partial charge in [-0.1, -0.05) is 6.07 Å². The van der Waals surface area contributed by atoms with Crippen molar-refractivity contribution in [2.24, 2.45) is 0 Å². The first-order valence-corrected chi connectivity index (χ1v) is 8.46. The number of nitrogens with one attached hydrogen (secondary N) is 1. The van der Waals surface area contributed by atoms with Crippen LogP contribution in [-0.4, -0.2) is 40.7 Å². The van der Waals surface area contributed by atoms with Gasteiger partial charge in [0.1, 0.15) is 11.0 Å². The van der Waals surface area contributed by atoms with Gasteiger partial charge in [0.25, 0.3) is 0 Å². The van der Waals surface area contributed by atoms with Crippen molar-refractivity contribution in [3.8, 4) is 0 Å². The van der Waals surface area contributed by atoms with Gasteiger partial charge in [0, 0.05) is 36.6 Å². The lowest BCUT2D eigenvalue weighted by Crippen LogP contribution is -2.47. The first-order valence-electron chi connectivity index (χ1n) is 7.58. The average molecular weight is 332 g/mol. The third-order valence-corrected chi connectivity index (χ3v) is 4.75. The van der Waals surface area contributed by atoms with Crippen LogP contribution in [0.2, 0.25) is 0 Å². The summed E-state index contributed by atoms with van der Waals surface area (Å²) in [4.78, 5) is 23.0. The second-order valence-corrected chi connectivity index (χ2v) is 6.53. The molecule has 1 aliphatic heterocycles. The summed E-state index contributed by atoms with van der Waals surface area (Å²) < 4.78 is 5.54. The predicted octanol–water partition coefficient (Wildman–Crippen LogP) is 2.44. The Morgan fingerprint density at radius 2 is 2.35 bits per heavy atom. The molecule has 6 nitrogen and oxygen atoms in total. The van der Waals surface area contributed by atoms with E-state index in [0.29, 0.717) is 26.3 Å². The summed E-state index contributed by atoms with van der Waals surface area (Å²) in [5.74, 6) is 0. The van der Waals surface area contributed by atoms with Crippen LogP contribution in [0.15, 0.2) is 23.8 Å². The van der Waals surface area contributed by atoms with Gasteiger partial charge in [-0.05, 0) is 25.0 Å². The van der Waals surface area contributed by atoms with Crippen molar-refractivity contribution in [1.82, 2.24) is 20.2 Å². The minimum atomic E-state index is -0.113. The fraction of sp³-hybridized carbons (Fsp3) is 0.438. The second kappa shape index (κ2) is 7.06. The molecule has 122 valence electrons. The first kappa shape index (κ1) is 15.9. The molecule has 23 heavy (non-hydrogen) atoms. The monoisotopic (exact) mass is 332 g/mol. The summed E-state index contributed by atoms with van der Waals surface area (Å²) in [5.41, 5.74) is 3.05. The average Bonchev–Trinajstić information content (AvgIpc) is 2.99. The Labute approximate surface area is 139 Å². The Morgan fingerprint density at radius 1 is 1.48 bits per heavy atom. The molecule has 1 N–H and O–H groups in total. The van der Waals surface area contributed by atoms with E-state index >= 15 is 0 Å². The number of morpholine rings is 1. The van der Waals surface area contributed by atoms with Crippen LogP contribution in [0.3, 0.4) is 0 Å². The zero-order chi connectivity index (χ0) is 16.2. The molecule has 3 rings (SSSR count). The van der Waals surface area contributed by atoms with Crippen LogP contribution in [0, 0.1) is 13.8 Å². The van der Waals surface area contributed by atoms with Crippen LogP contribution >= 0.6 is 11.3 Å². The maximum Gasteiger partial charge on any atom is 0.318 e. The van der Waals surface area contributed by atoms with E-state index in [1.54, 1.807) is 23.7 Å². The quantitative estimate of drug-likeness (QED) is 0.937. The molecule has 0 bridgehead atoms. The molecule has 0 saturated carbocycles. The van der Waals surface area contributed by atoms with Crippen LogP contribution in [0.1, 0.15) is 27.9 Å². The number of thiazole rings is 1. The zero-order valence-corrected chi connectivity index (χ0v) is 14.1. The van der Waals surface area contributed by atoms with E-state index < -0.39 is 0 Å². The highest BCUT2D eigenvalue weighted by Gasteiger charge is 2.30. The topological polar surface area (TPSA) is 67.4 Å². The normalized spacial score (nSPS) is 18.0. The van der Waals surface area contributed by atoms with Crippen molar-refractivity contribution in [2.75, 3.05) is 19.8 Å². The Balaban J connectivity index is 1.66. The molecule has 1 saturated heterocycles. The van der Waals surface area contributed by atoms with E-state index in [2.05, 4.69) is 15.3 Å². The molecule has 0 aromatic carbocycles. The van der Waals surface area contributed by atoms with E-state index in [1.165, 1.54) is 0 Å². The maximum atomic E-state index is 12.6. The molecular formula is C16H20N4O2S. The molecule has 3 heterocycles. The van der Waals surface area contributed by atoms with Crippen LogP contribution < -0.4 is 5.32 Å². The number of carbonyl (C=O) groups is 1. The van der Waals surface area contributed by atoms with Crippen LogP contribution in [-0.2, 0) is 11.3 Å². The van der Waals surface area contributed by atoms with Crippen LogP contribution in [0.4, 0.5) is 4.79 Å². The van der Waals surface area contributed by atoms with E-state index in [4.69, 9.17) is 4.74 Å².